The number of likely N-dealkylation sites (tertiary alicyclic amines) is 1. The zero-order valence-electron chi connectivity index (χ0n) is 18.6. The van der Waals surface area contributed by atoms with Crippen molar-refractivity contribution in [1.29, 1.82) is 0 Å². The first-order chi connectivity index (χ1) is 15.5. The standard InChI is InChI=1S/C24H29ClN4O3/c1-13(17-6-4-8-29(17)2)31-20-12-19(25)26-23(27-20)21-16-5-3-7-24(22(16)32-28-21)15-9-14(10-15)11-18(24)30/h12-15,17H,3-11H2,1-2H3/t13-,14?,15?,17-,24?/m0/s1. The van der Waals surface area contributed by atoms with Gasteiger partial charge in [0.2, 0.25) is 5.88 Å². The lowest BCUT2D eigenvalue weighted by molar-refractivity contribution is -0.141. The highest BCUT2D eigenvalue weighted by atomic mass is 35.5. The monoisotopic (exact) mass is 456 g/mol. The van der Waals surface area contributed by atoms with Gasteiger partial charge in [-0.1, -0.05) is 16.8 Å². The summed E-state index contributed by atoms with van der Waals surface area (Å²) >= 11 is 6.36. The quantitative estimate of drug-likeness (QED) is 0.637. The number of Topliss-reactive ketones (excluding diaryl/α,β-unsaturated/α-hetero) is 1. The highest BCUT2D eigenvalue weighted by Gasteiger charge is 2.60. The second kappa shape index (κ2) is 7.52. The normalized spacial score (nSPS) is 32.6. The molecule has 2 bridgehead atoms. The van der Waals surface area contributed by atoms with E-state index in [0.29, 0.717) is 52.6 Å². The molecule has 1 unspecified atom stereocenters. The van der Waals surface area contributed by atoms with Gasteiger partial charge in [0.05, 0.1) is 5.41 Å². The smallest absolute Gasteiger partial charge is 0.218 e. The molecule has 1 aliphatic heterocycles. The second-order valence-electron chi connectivity index (χ2n) is 10.2. The van der Waals surface area contributed by atoms with Crippen molar-refractivity contribution in [2.24, 2.45) is 11.8 Å². The highest BCUT2D eigenvalue weighted by Crippen LogP contribution is 2.59. The van der Waals surface area contributed by atoms with Crippen LogP contribution in [0.4, 0.5) is 0 Å². The lowest BCUT2D eigenvalue weighted by Gasteiger charge is -2.53. The molecule has 8 heteroatoms. The summed E-state index contributed by atoms with van der Waals surface area (Å²) < 4.78 is 12.1. The first-order valence-corrected chi connectivity index (χ1v) is 12.3. The molecule has 2 aromatic rings. The number of carbonyl (C=O) groups excluding carboxylic acids is 1. The van der Waals surface area contributed by atoms with Crippen molar-refractivity contribution >= 4 is 17.4 Å². The Morgan fingerprint density at radius 3 is 2.91 bits per heavy atom. The number of rotatable bonds is 4. The molecule has 4 aliphatic carbocycles. The Balaban J connectivity index is 1.33. The van der Waals surface area contributed by atoms with Gasteiger partial charge in [-0.25, -0.2) is 4.98 Å². The zero-order valence-corrected chi connectivity index (χ0v) is 19.4. The highest BCUT2D eigenvalue weighted by molar-refractivity contribution is 6.29. The Bertz CT molecular complexity index is 1070. The minimum Gasteiger partial charge on any atom is -0.473 e. The van der Waals surface area contributed by atoms with Crippen molar-refractivity contribution in [3.8, 4) is 17.4 Å². The van der Waals surface area contributed by atoms with Gasteiger partial charge < -0.3 is 9.26 Å². The largest absolute Gasteiger partial charge is 0.473 e. The SMILES string of the molecule is C[C@H](Oc1cc(Cl)nc(-c2noc3c2CCCC32C(=O)CC3CC2C3)n1)[C@@H]1CCCN1C. The molecule has 170 valence electrons. The molecular weight excluding hydrogens is 428 g/mol. The van der Waals surface area contributed by atoms with E-state index in [9.17, 15) is 4.79 Å². The molecule has 3 atom stereocenters. The van der Waals surface area contributed by atoms with Gasteiger partial charge in [-0.15, -0.1) is 0 Å². The van der Waals surface area contributed by atoms with Gasteiger partial charge >= 0.3 is 0 Å². The fraction of sp³-hybridized carbons (Fsp3) is 0.667. The topological polar surface area (TPSA) is 81.3 Å². The van der Waals surface area contributed by atoms with Crippen LogP contribution in [0.25, 0.3) is 11.5 Å². The maximum absolute atomic E-state index is 13.1. The molecule has 7 rings (SSSR count). The summed E-state index contributed by atoms with van der Waals surface area (Å²) in [6.07, 6.45) is 7.82. The summed E-state index contributed by atoms with van der Waals surface area (Å²) in [6.45, 7) is 3.16. The third-order valence-electron chi connectivity index (χ3n) is 8.40. The third kappa shape index (κ3) is 3.04. The molecule has 1 saturated heterocycles. The Hall–Kier alpha value is -1.99. The van der Waals surface area contributed by atoms with Crippen molar-refractivity contribution in [1.82, 2.24) is 20.0 Å². The van der Waals surface area contributed by atoms with E-state index in [2.05, 4.69) is 34.0 Å². The van der Waals surface area contributed by atoms with Gasteiger partial charge in [-0.2, -0.15) is 4.98 Å². The van der Waals surface area contributed by atoms with Crippen LogP contribution >= 0.6 is 11.6 Å². The van der Waals surface area contributed by atoms with E-state index in [1.807, 2.05) is 0 Å². The first-order valence-electron chi connectivity index (χ1n) is 11.9. The number of nitrogens with zero attached hydrogens (tertiary/aromatic N) is 4. The number of hydrogen-bond donors (Lipinski definition) is 0. The van der Waals surface area contributed by atoms with E-state index in [1.165, 1.54) is 6.42 Å². The molecular formula is C24H29ClN4O3. The number of likely N-dealkylation sites (N-methyl/N-ethyl adjacent to an activating group) is 1. The molecule has 0 amide bonds. The minimum absolute atomic E-state index is 0.0118. The van der Waals surface area contributed by atoms with Crippen LogP contribution in [0.3, 0.4) is 0 Å². The van der Waals surface area contributed by atoms with Crippen LogP contribution in [0, 0.1) is 11.8 Å². The van der Waals surface area contributed by atoms with E-state index in [-0.39, 0.29) is 6.10 Å². The van der Waals surface area contributed by atoms with E-state index in [0.717, 1.165) is 56.4 Å². The number of aromatic nitrogens is 3. The first kappa shape index (κ1) is 20.6. The Morgan fingerprint density at radius 2 is 2.16 bits per heavy atom. The molecule has 0 N–H and O–H groups in total. The predicted molar refractivity (Wildman–Crippen MR) is 119 cm³/mol. The van der Waals surface area contributed by atoms with Gasteiger partial charge in [-0.3, -0.25) is 9.69 Å². The van der Waals surface area contributed by atoms with E-state index in [1.54, 1.807) is 6.07 Å². The predicted octanol–water partition coefficient (Wildman–Crippen LogP) is 4.22. The molecule has 1 spiro atoms. The Morgan fingerprint density at radius 1 is 1.31 bits per heavy atom. The summed E-state index contributed by atoms with van der Waals surface area (Å²) in [4.78, 5) is 24.6. The van der Waals surface area contributed by atoms with E-state index >= 15 is 0 Å². The van der Waals surface area contributed by atoms with Crippen LogP contribution in [0.1, 0.15) is 63.2 Å². The van der Waals surface area contributed by atoms with Crippen molar-refractivity contribution in [3.63, 3.8) is 0 Å². The number of fused-ring (bicyclic) bond motifs is 2. The molecule has 4 fully saturated rings. The van der Waals surface area contributed by atoms with Crippen molar-refractivity contribution in [2.45, 2.75) is 75.9 Å². The fourth-order valence-electron chi connectivity index (χ4n) is 6.72. The number of hydrogen-bond acceptors (Lipinski definition) is 7. The molecule has 0 aromatic carbocycles. The summed E-state index contributed by atoms with van der Waals surface area (Å²) in [7, 11) is 2.13. The lowest BCUT2D eigenvalue weighted by Crippen LogP contribution is -2.56. The van der Waals surface area contributed by atoms with Gasteiger partial charge in [0.1, 0.15) is 17.0 Å². The maximum atomic E-state index is 13.1. The van der Waals surface area contributed by atoms with E-state index in [4.69, 9.17) is 20.9 Å². The van der Waals surface area contributed by atoms with Crippen LogP contribution in [0.2, 0.25) is 5.15 Å². The van der Waals surface area contributed by atoms with Gasteiger partial charge in [0.25, 0.3) is 0 Å². The van der Waals surface area contributed by atoms with Crippen LogP contribution < -0.4 is 4.74 Å². The van der Waals surface area contributed by atoms with Crippen LogP contribution in [0.15, 0.2) is 10.6 Å². The Labute approximate surface area is 192 Å². The molecule has 3 saturated carbocycles. The Kier molecular flexibility index (Phi) is 4.84. The minimum atomic E-state index is -0.493. The van der Waals surface area contributed by atoms with E-state index < -0.39 is 5.41 Å². The summed E-state index contributed by atoms with van der Waals surface area (Å²) in [5, 5.41) is 4.69. The summed E-state index contributed by atoms with van der Waals surface area (Å²) in [5.41, 5.74) is 1.09. The van der Waals surface area contributed by atoms with Crippen molar-refractivity contribution in [2.75, 3.05) is 13.6 Å². The van der Waals surface area contributed by atoms with Crippen molar-refractivity contribution < 1.29 is 14.1 Å². The molecule has 3 heterocycles. The van der Waals surface area contributed by atoms with Gasteiger partial charge in [-0.05, 0) is 77.3 Å². The number of ether oxygens (including phenoxy) is 1. The van der Waals surface area contributed by atoms with Crippen molar-refractivity contribution in [3.05, 3.63) is 22.5 Å². The van der Waals surface area contributed by atoms with Crippen LogP contribution in [0.5, 0.6) is 5.88 Å². The fourth-order valence-corrected chi connectivity index (χ4v) is 6.89. The molecule has 5 aliphatic rings. The molecule has 0 radical (unpaired) electrons. The second-order valence-corrected chi connectivity index (χ2v) is 10.6. The average molecular weight is 457 g/mol. The van der Waals surface area contributed by atoms with Gasteiger partial charge in [0, 0.05) is 24.1 Å². The summed E-state index contributed by atoms with van der Waals surface area (Å²) in [5.74, 6) is 2.92. The molecule has 2 aromatic heterocycles. The molecule has 32 heavy (non-hydrogen) atoms. The lowest BCUT2D eigenvalue weighted by atomic mass is 9.48. The molecule has 7 nitrogen and oxygen atoms in total. The summed E-state index contributed by atoms with van der Waals surface area (Å²) in [6, 6.07) is 2.01. The maximum Gasteiger partial charge on any atom is 0.218 e. The number of ketones is 1. The third-order valence-corrected chi connectivity index (χ3v) is 8.60. The number of carbonyl (C=O) groups is 1. The van der Waals surface area contributed by atoms with Crippen LogP contribution in [-0.4, -0.2) is 51.5 Å². The zero-order chi connectivity index (χ0) is 22.0. The van der Waals surface area contributed by atoms with Gasteiger partial charge in [0.15, 0.2) is 17.3 Å². The number of halogens is 1. The van der Waals surface area contributed by atoms with Crippen LogP contribution in [-0.2, 0) is 16.6 Å². The average Bonchev–Trinajstić information content (AvgIpc) is 3.35.